The molecule has 1 aliphatic rings. The van der Waals surface area contributed by atoms with E-state index < -0.39 is 5.60 Å². The monoisotopic (exact) mass is 332 g/mol. The van der Waals surface area contributed by atoms with Gasteiger partial charge < -0.3 is 14.4 Å². The molecule has 1 aromatic rings. The summed E-state index contributed by atoms with van der Waals surface area (Å²) in [7, 11) is 0. The largest absolute Gasteiger partial charge is 0.444 e. The van der Waals surface area contributed by atoms with E-state index in [1.807, 2.05) is 20.8 Å². The SMILES string of the molecule is CC(C)(C)OC(=O)N1CC[C@@H](COCc2cnc(Cl)s2)C1. The fraction of sp³-hybridized carbons (Fsp3) is 0.714. The van der Waals surface area contributed by atoms with Gasteiger partial charge in [0.05, 0.1) is 18.1 Å². The Hall–Kier alpha value is -0.850. The highest BCUT2D eigenvalue weighted by atomic mass is 35.5. The van der Waals surface area contributed by atoms with Crippen molar-refractivity contribution in [1.82, 2.24) is 9.88 Å². The highest BCUT2D eigenvalue weighted by molar-refractivity contribution is 7.15. The first kappa shape index (κ1) is 16.5. The van der Waals surface area contributed by atoms with Gasteiger partial charge in [-0.25, -0.2) is 9.78 Å². The predicted molar refractivity (Wildman–Crippen MR) is 82.7 cm³/mol. The average Bonchev–Trinajstić information content (AvgIpc) is 2.97. The summed E-state index contributed by atoms with van der Waals surface area (Å²) in [6.45, 7) is 8.21. The van der Waals surface area contributed by atoms with E-state index >= 15 is 0 Å². The first-order valence-corrected chi connectivity index (χ1v) is 8.19. The number of aromatic nitrogens is 1. The van der Waals surface area contributed by atoms with E-state index in [0.717, 1.165) is 17.8 Å². The van der Waals surface area contributed by atoms with E-state index in [1.165, 1.54) is 11.3 Å². The standard InChI is InChI=1S/C14H21ClN2O3S/c1-14(2,3)20-13(18)17-5-4-10(7-17)8-19-9-11-6-16-12(15)21-11/h6,10H,4-5,7-9H2,1-3H3/t10-/m1/s1. The molecule has 21 heavy (non-hydrogen) atoms. The highest BCUT2D eigenvalue weighted by Gasteiger charge is 2.29. The summed E-state index contributed by atoms with van der Waals surface area (Å²) in [5.41, 5.74) is -0.447. The van der Waals surface area contributed by atoms with Crippen LogP contribution < -0.4 is 0 Å². The Morgan fingerprint density at radius 2 is 2.33 bits per heavy atom. The van der Waals surface area contributed by atoms with E-state index in [0.29, 0.717) is 30.1 Å². The van der Waals surface area contributed by atoms with Crippen molar-refractivity contribution in [3.63, 3.8) is 0 Å². The number of rotatable bonds is 4. The summed E-state index contributed by atoms with van der Waals surface area (Å²) in [4.78, 5) is 18.7. The second-order valence-electron chi connectivity index (χ2n) is 6.18. The minimum absolute atomic E-state index is 0.237. The first-order chi connectivity index (χ1) is 9.83. The first-order valence-electron chi connectivity index (χ1n) is 6.99. The van der Waals surface area contributed by atoms with Gasteiger partial charge in [0.2, 0.25) is 0 Å². The van der Waals surface area contributed by atoms with Gasteiger partial charge in [0, 0.05) is 25.2 Å². The molecule has 1 aliphatic heterocycles. The van der Waals surface area contributed by atoms with Crippen LogP contribution in [0.25, 0.3) is 0 Å². The van der Waals surface area contributed by atoms with Crippen LogP contribution in [-0.2, 0) is 16.1 Å². The van der Waals surface area contributed by atoms with Gasteiger partial charge in [0.1, 0.15) is 5.60 Å². The van der Waals surface area contributed by atoms with Crippen LogP contribution in [0.5, 0.6) is 0 Å². The number of likely N-dealkylation sites (tertiary alicyclic amines) is 1. The minimum atomic E-state index is -0.447. The van der Waals surface area contributed by atoms with E-state index in [9.17, 15) is 4.79 Å². The lowest BCUT2D eigenvalue weighted by Crippen LogP contribution is -2.35. The summed E-state index contributed by atoms with van der Waals surface area (Å²) < 4.78 is 11.6. The van der Waals surface area contributed by atoms with Crippen LogP contribution in [-0.4, -0.2) is 41.3 Å². The molecule has 118 valence electrons. The lowest BCUT2D eigenvalue weighted by Gasteiger charge is -2.24. The molecule has 1 fully saturated rings. The third kappa shape index (κ3) is 5.45. The fourth-order valence-electron chi connectivity index (χ4n) is 2.14. The van der Waals surface area contributed by atoms with Crippen molar-refractivity contribution in [3.05, 3.63) is 15.5 Å². The van der Waals surface area contributed by atoms with E-state index in [-0.39, 0.29) is 6.09 Å². The molecular formula is C14H21ClN2O3S. The Balaban J connectivity index is 1.69. The zero-order valence-electron chi connectivity index (χ0n) is 12.6. The van der Waals surface area contributed by atoms with Crippen LogP contribution >= 0.6 is 22.9 Å². The van der Waals surface area contributed by atoms with Gasteiger partial charge in [-0.05, 0) is 27.2 Å². The maximum Gasteiger partial charge on any atom is 0.410 e. The van der Waals surface area contributed by atoms with E-state index in [4.69, 9.17) is 21.1 Å². The molecule has 0 aliphatic carbocycles. The van der Waals surface area contributed by atoms with Gasteiger partial charge in [-0.15, -0.1) is 11.3 Å². The van der Waals surface area contributed by atoms with Crippen LogP contribution in [0.15, 0.2) is 6.20 Å². The number of carbonyl (C=O) groups is 1. The number of nitrogens with zero attached hydrogens (tertiary/aromatic N) is 2. The molecular weight excluding hydrogens is 312 g/mol. The van der Waals surface area contributed by atoms with Crippen molar-refractivity contribution in [2.45, 2.75) is 39.4 Å². The molecule has 5 nitrogen and oxygen atoms in total. The molecule has 7 heteroatoms. The molecule has 1 saturated heterocycles. The average molecular weight is 333 g/mol. The molecule has 1 aromatic heterocycles. The van der Waals surface area contributed by atoms with Crippen LogP contribution in [0.4, 0.5) is 4.79 Å². The second-order valence-corrected chi connectivity index (χ2v) is 7.87. The number of halogens is 1. The summed E-state index contributed by atoms with van der Waals surface area (Å²) >= 11 is 7.19. The van der Waals surface area contributed by atoms with Gasteiger partial charge >= 0.3 is 6.09 Å². The zero-order chi connectivity index (χ0) is 15.5. The molecule has 1 atom stereocenters. The molecule has 1 amide bonds. The number of hydrogen-bond donors (Lipinski definition) is 0. The van der Waals surface area contributed by atoms with E-state index in [1.54, 1.807) is 11.1 Å². The molecule has 2 heterocycles. The van der Waals surface area contributed by atoms with Gasteiger partial charge in [0.25, 0.3) is 0 Å². The van der Waals surface area contributed by atoms with Gasteiger partial charge in [-0.2, -0.15) is 0 Å². The minimum Gasteiger partial charge on any atom is -0.444 e. The molecule has 0 spiro atoms. The van der Waals surface area contributed by atoms with Crippen molar-refractivity contribution in [1.29, 1.82) is 0 Å². The number of carbonyl (C=O) groups excluding carboxylic acids is 1. The third-order valence-electron chi connectivity index (χ3n) is 3.06. The van der Waals surface area contributed by atoms with Crippen molar-refractivity contribution in [2.24, 2.45) is 5.92 Å². The molecule has 2 rings (SSSR count). The quantitative estimate of drug-likeness (QED) is 0.845. The van der Waals surface area contributed by atoms with Gasteiger partial charge in [-0.3, -0.25) is 0 Å². The third-order valence-corrected chi connectivity index (χ3v) is 4.15. The Morgan fingerprint density at radius 1 is 1.57 bits per heavy atom. The Bertz CT molecular complexity index is 487. The lowest BCUT2D eigenvalue weighted by atomic mass is 10.1. The summed E-state index contributed by atoms with van der Waals surface area (Å²) in [6.07, 6.45) is 2.44. The van der Waals surface area contributed by atoms with Gasteiger partial charge in [-0.1, -0.05) is 11.6 Å². The van der Waals surface area contributed by atoms with E-state index in [2.05, 4.69) is 4.98 Å². The maximum atomic E-state index is 11.9. The number of thiazole rings is 1. The molecule has 0 aromatic carbocycles. The highest BCUT2D eigenvalue weighted by Crippen LogP contribution is 2.22. The van der Waals surface area contributed by atoms with Gasteiger partial charge in [0.15, 0.2) is 4.47 Å². The summed E-state index contributed by atoms with van der Waals surface area (Å²) in [5, 5.41) is 0. The maximum absolute atomic E-state index is 11.9. The molecule has 0 radical (unpaired) electrons. The van der Waals surface area contributed by atoms with Crippen molar-refractivity contribution in [3.8, 4) is 0 Å². The molecule has 0 bridgehead atoms. The molecule has 0 unspecified atom stereocenters. The Morgan fingerprint density at radius 3 is 2.95 bits per heavy atom. The van der Waals surface area contributed by atoms with Crippen molar-refractivity contribution in [2.75, 3.05) is 19.7 Å². The summed E-state index contributed by atoms with van der Waals surface area (Å²) in [5.74, 6) is 0.362. The smallest absolute Gasteiger partial charge is 0.410 e. The normalized spacial score (nSPS) is 19.0. The van der Waals surface area contributed by atoms with Crippen LogP contribution in [0.3, 0.4) is 0 Å². The lowest BCUT2D eigenvalue weighted by molar-refractivity contribution is 0.0272. The topological polar surface area (TPSA) is 51.7 Å². The number of ether oxygens (including phenoxy) is 2. The molecule has 0 N–H and O–H groups in total. The Labute approximate surface area is 134 Å². The van der Waals surface area contributed by atoms with Crippen LogP contribution in [0, 0.1) is 5.92 Å². The van der Waals surface area contributed by atoms with Crippen molar-refractivity contribution < 1.29 is 14.3 Å². The van der Waals surface area contributed by atoms with Crippen LogP contribution in [0.2, 0.25) is 4.47 Å². The van der Waals surface area contributed by atoms with Crippen molar-refractivity contribution >= 4 is 29.0 Å². The van der Waals surface area contributed by atoms with Crippen LogP contribution in [0.1, 0.15) is 32.1 Å². The zero-order valence-corrected chi connectivity index (χ0v) is 14.2. The second kappa shape index (κ2) is 6.94. The number of hydrogen-bond acceptors (Lipinski definition) is 5. The Kier molecular flexibility index (Phi) is 5.46. The predicted octanol–water partition coefficient (Wildman–Crippen LogP) is 3.57. The summed E-state index contributed by atoms with van der Waals surface area (Å²) in [6, 6.07) is 0. The number of amides is 1. The fourth-order valence-corrected chi connectivity index (χ4v) is 3.05. The molecule has 0 saturated carbocycles.